The van der Waals surface area contributed by atoms with Gasteiger partial charge in [0.05, 0.1) is 0 Å². The Morgan fingerprint density at radius 3 is 2.55 bits per heavy atom. The smallest absolute Gasteiger partial charge is 0.345 e. The zero-order valence-corrected chi connectivity index (χ0v) is 11.8. The maximum atomic E-state index is 11.3. The molecular formula is C16H15ClO3. The van der Waals surface area contributed by atoms with Gasteiger partial charge in [-0.2, -0.15) is 0 Å². The van der Waals surface area contributed by atoms with Crippen molar-refractivity contribution in [3.8, 4) is 5.75 Å². The monoisotopic (exact) mass is 290 g/mol. The Kier molecular flexibility index (Phi) is 4.64. The molecule has 3 nitrogen and oxygen atoms in total. The lowest BCUT2D eigenvalue weighted by molar-refractivity contribution is -0.145. The maximum Gasteiger partial charge on any atom is 0.345 e. The summed E-state index contributed by atoms with van der Waals surface area (Å²) in [5, 5.41) is 9.89. The lowest BCUT2D eigenvalue weighted by Crippen LogP contribution is -2.29. The van der Waals surface area contributed by atoms with Crippen LogP contribution in [0.4, 0.5) is 0 Å². The first-order chi connectivity index (χ1) is 9.54. The summed E-state index contributed by atoms with van der Waals surface area (Å²) in [6.45, 7) is 1.93. The van der Waals surface area contributed by atoms with Crippen LogP contribution in [0.5, 0.6) is 5.75 Å². The average Bonchev–Trinajstić information content (AvgIpc) is 2.40. The third kappa shape index (κ3) is 4.00. The summed E-state index contributed by atoms with van der Waals surface area (Å²) < 4.78 is 5.56. The molecule has 0 bridgehead atoms. The number of carboxylic acid groups (broad SMARTS) is 1. The predicted octanol–water partition coefficient (Wildman–Crippen LogP) is 3.72. The van der Waals surface area contributed by atoms with Gasteiger partial charge in [0.15, 0.2) is 6.10 Å². The molecule has 0 heterocycles. The minimum absolute atomic E-state index is 0.292. The van der Waals surface area contributed by atoms with Crippen molar-refractivity contribution in [3.63, 3.8) is 0 Å². The van der Waals surface area contributed by atoms with Gasteiger partial charge in [-0.3, -0.25) is 0 Å². The third-order valence-corrected chi connectivity index (χ3v) is 3.13. The Hall–Kier alpha value is -2.00. The molecule has 2 aromatic rings. The van der Waals surface area contributed by atoms with Crippen LogP contribution in [0, 0.1) is 6.92 Å². The van der Waals surface area contributed by atoms with Crippen LogP contribution in [-0.4, -0.2) is 17.2 Å². The zero-order chi connectivity index (χ0) is 14.5. The first-order valence-corrected chi connectivity index (χ1v) is 6.63. The lowest BCUT2D eigenvalue weighted by Gasteiger charge is -2.15. The van der Waals surface area contributed by atoms with E-state index < -0.39 is 12.1 Å². The van der Waals surface area contributed by atoms with Gasteiger partial charge in [-0.25, -0.2) is 4.79 Å². The fourth-order valence-corrected chi connectivity index (χ4v) is 1.99. The van der Waals surface area contributed by atoms with Crippen LogP contribution in [0.15, 0.2) is 48.5 Å². The highest BCUT2D eigenvalue weighted by Crippen LogP contribution is 2.17. The number of halogens is 1. The molecule has 0 radical (unpaired) electrons. The summed E-state index contributed by atoms with van der Waals surface area (Å²) in [5.41, 5.74) is 1.90. The van der Waals surface area contributed by atoms with Crippen molar-refractivity contribution in [1.29, 1.82) is 0 Å². The van der Waals surface area contributed by atoms with Gasteiger partial charge in [0.2, 0.25) is 0 Å². The van der Waals surface area contributed by atoms with Crippen LogP contribution in [0.25, 0.3) is 0 Å². The number of rotatable bonds is 5. The van der Waals surface area contributed by atoms with Crippen LogP contribution in [-0.2, 0) is 11.2 Å². The van der Waals surface area contributed by atoms with Crippen molar-refractivity contribution in [2.24, 2.45) is 0 Å². The second-order valence-corrected chi connectivity index (χ2v) is 5.03. The van der Waals surface area contributed by atoms with Crippen molar-refractivity contribution in [2.45, 2.75) is 19.4 Å². The molecule has 0 aliphatic rings. The van der Waals surface area contributed by atoms with E-state index in [1.165, 1.54) is 0 Å². The molecule has 0 fully saturated rings. The Labute approximate surface area is 122 Å². The molecule has 0 spiro atoms. The summed E-state index contributed by atoms with van der Waals surface area (Å²) in [5.74, 6) is -0.423. The number of benzene rings is 2. The molecule has 0 aromatic heterocycles. The Bertz CT molecular complexity index is 593. The van der Waals surface area contributed by atoms with Crippen molar-refractivity contribution >= 4 is 17.6 Å². The van der Waals surface area contributed by atoms with Crippen LogP contribution >= 0.6 is 11.6 Å². The molecule has 0 aliphatic heterocycles. The minimum atomic E-state index is -0.985. The number of aryl methyl sites for hydroxylation is 1. The molecule has 2 aromatic carbocycles. The normalized spacial score (nSPS) is 11.9. The summed E-state index contributed by atoms with van der Waals surface area (Å²) in [7, 11) is 0. The molecule has 104 valence electrons. The Morgan fingerprint density at radius 1 is 1.25 bits per heavy atom. The van der Waals surface area contributed by atoms with Crippen molar-refractivity contribution in [1.82, 2.24) is 0 Å². The van der Waals surface area contributed by atoms with Crippen molar-refractivity contribution in [2.75, 3.05) is 0 Å². The number of carboxylic acids is 1. The summed E-state index contributed by atoms with van der Waals surface area (Å²) in [4.78, 5) is 11.3. The molecule has 1 atom stereocenters. The quantitative estimate of drug-likeness (QED) is 0.913. The number of hydrogen-bond donors (Lipinski definition) is 1. The van der Waals surface area contributed by atoms with Crippen LogP contribution in [0.1, 0.15) is 11.1 Å². The predicted molar refractivity (Wildman–Crippen MR) is 78.4 cm³/mol. The molecule has 1 unspecified atom stereocenters. The van der Waals surface area contributed by atoms with Crippen molar-refractivity contribution in [3.05, 3.63) is 64.7 Å². The molecular weight excluding hydrogens is 276 g/mol. The van der Waals surface area contributed by atoms with Crippen LogP contribution in [0.2, 0.25) is 5.02 Å². The second kappa shape index (κ2) is 6.44. The fraction of sp³-hybridized carbons (Fsp3) is 0.188. The lowest BCUT2D eigenvalue weighted by atomic mass is 10.1. The average molecular weight is 291 g/mol. The summed E-state index contributed by atoms with van der Waals surface area (Å²) >= 11 is 5.81. The SMILES string of the molecule is Cc1cccc(OC(Cc2ccc(Cl)cc2)C(=O)O)c1. The van der Waals surface area contributed by atoms with Gasteiger partial charge in [0, 0.05) is 11.4 Å². The number of carbonyl (C=O) groups is 1. The second-order valence-electron chi connectivity index (χ2n) is 4.59. The molecule has 0 amide bonds. The van der Waals surface area contributed by atoms with Crippen LogP contribution < -0.4 is 4.74 Å². The highest BCUT2D eigenvalue weighted by molar-refractivity contribution is 6.30. The molecule has 20 heavy (non-hydrogen) atoms. The van der Waals surface area contributed by atoms with E-state index in [-0.39, 0.29) is 0 Å². The molecule has 1 N–H and O–H groups in total. The Balaban J connectivity index is 2.11. The van der Waals surface area contributed by atoms with Crippen LogP contribution in [0.3, 0.4) is 0 Å². The van der Waals surface area contributed by atoms with E-state index in [2.05, 4.69) is 0 Å². The van der Waals surface area contributed by atoms with Gasteiger partial charge in [-0.05, 0) is 42.3 Å². The highest BCUT2D eigenvalue weighted by Gasteiger charge is 2.20. The fourth-order valence-electron chi connectivity index (χ4n) is 1.87. The van der Waals surface area contributed by atoms with Gasteiger partial charge >= 0.3 is 5.97 Å². The van der Waals surface area contributed by atoms with Gasteiger partial charge in [0.25, 0.3) is 0 Å². The molecule has 2 rings (SSSR count). The maximum absolute atomic E-state index is 11.3. The minimum Gasteiger partial charge on any atom is -0.478 e. The number of aliphatic carboxylic acids is 1. The van der Waals surface area contributed by atoms with E-state index >= 15 is 0 Å². The van der Waals surface area contributed by atoms with E-state index in [9.17, 15) is 9.90 Å². The van der Waals surface area contributed by atoms with Gasteiger partial charge in [0.1, 0.15) is 5.75 Å². The molecule has 0 saturated carbocycles. The standard InChI is InChI=1S/C16H15ClO3/c1-11-3-2-4-14(9-11)20-15(16(18)19)10-12-5-7-13(17)8-6-12/h2-9,15H,10H2,1H3,(H,18,19). The summed E-state index contributed by atoms with van der Waals surface area (Å²) in [6, 6.07) is 14.4. The zero-order valence-electron chi connectivity index (χ0n) is 11.0. The van der Waals surface area contributed by atoms with E-state index in [1.54, 1.807) is 30.3 Å². The first-order valence-electron chi connectivity index (χ1n) is 6.25. The third-order valence-electron chi connectivity index (χ3n) is 2.88. The largest absolute Gasteiger partial charge is 0.478 e. The Morgan fingerprint density at radius 2 is 1.95 bits per heavy atom. The van der Waals surface area contributed by atoms with E-state index in [1.807, 2.05) is 25.1 Å². The number of ether oxygens (including phenoxy) is 1. The molecule has 0 aliphatic carbocycles. The van der Waals surface area contributed by atoms with Crippen molar-refractivity contribution < 1.29 is 14.6 Å². The number of hydrogen-bond acceptors (Lipinski definition) is 2. The van der Waals surface area contributed by atoms with E-state index in [4.69, 9.17) is 16.3 Å². The van der Waals surface area contributed by atoms with Gasteiger partial charge < -0.3 is 9.84 Å². The van der Waals surface area contributed by atoms with E-state index in [0.717, 1.165) is 11.1 Å². The van der Waals surface area contributed by atoms with E-state index in [0.29, 0.717) is 17.2 Å². The van der Waals surface area contributed by atoms with Gasteiger partial charge in [-0.1, -0.05) is 35.9 Å². The highest BCUT2D eigenvalue weighted by atomic mass is 35.5. The van der Waals surface area contributed by atoms with Gasteiger partial charge in [-0.15, -0.1) is 0 Å². The molecule has 4 heteroatoms. The molecule has 0 saturated heterocycles. The topological polar surface area (TPSA) is 46.5 Å². The summed E-state index contributed by atoms with van der Waals surface area (Å²) in [6.07, 6.45) is -0.626. The first kappa shape index (κ1) is 14.4.